The van der Waals surface area contributed by atoms with Crippen LogP contribution in [-0.2, 0) is 9.53 Å². The van der Waals surface area contributed by atoms with Crippen LogP contribution in [0.2, 0.25) is 0 Å². The second-order valence-electron chi connectivity index (χ2n) is 3.72. The molecule has 0 aliphatic heterocycles. The van der Waals surface area contributed by atoms with Gasteiger partial charge in [-0.25, -0.2) is 4.79 Å². The lowest BCUT2D eigenvalue weighted by molar-refractivity contribution is -0.316. The van der Waals surface area contributed by atoms with E-state index in [4.69, 9.17) is 11.6 Å². The predicted octanol–water partition coefficient (Wildman–Crippen LogP) is 4.22. The molecular weight excluding hydrogens is 307 g/mol. The van der Waals surface area contributed by atoms with E-state index >= 15 is 0 Å². The smallest absolute Gasteiger partial charge is 0.446 e. The highest BCUT2D eigenvalue weighted by molar-refractivity contribution is 6.40. The summed E-state index contributed by atoms with van der Waals surface area (Å²) in [7, 11) is 0. The van der Waals surface area contributed by atoms with Gasteiger partial charge in [0.15, 0.2) is 6.10 Å². The Morgan fingerprint density at radius 1 is 1.15 bits per heavy atom. The fraction of sp³-hybridized carbons (Fsp3) is 0.250. The maximum Gasteiger partial charge on any atom is 0.457 e. The van der Waals surface area contributed by atoms with Crippen LogP contribution in [0.4, 0.5) is 22.0 Å². The number of hydrogen-bond donors (Lipinski definition) is 0. The zero-order chi connectivity index (χ0) is 15.6. The van der Waals surface area contributed by atoms with Crippen molar-refractivity contribution < 1.29 is 31.5 Å². The second-order valence-corrected chi connectivity index (χ2v) is 4.18. The van der Waals surface area contributed by atoms with Gasteiger partial charge >= 0.3 is 18.1 Å². The van der Waals surface area contributed by atoms with Gasteiger partial charge in [-0.2, -0.15) is 22.0 Å². The number of esters is 1. The average Bonchev–Trinajstić information content (AvgIpc) is 2.34. The Balaban J connectivity index is 3.22. The van der Waals surface area contributed by atoms with Gasteiger partial charge in [0.25, 0.3) is 0 Å². The van der Waals surface area contributed by atoms with E-state index in [1.807, 2.05) is 0 Å². The molecule has 8 heteroatoms. The van der Waals surface area contributed by atoms with Crippen LogP contribution in [0.5, 0.6) is 0 Å². The zero-order valence-corrected chi connectivity index (χ0v) is 10.5. The summed E-state index contributed by atoms with van der Waals surface area (Å²) in [4.78, 5) is 11.1. The molecule has 0 aromatic heterocycles. The molecule has 0 saturated carbocycles. The van der Waals surface area contributed by atoms with E-state index in [0.717, 1.165) is 12.1 Å². The second kappa shape index (κ2) is 5.78. The molecule has 0 aliphatic rings. The molecule has 0 heterocycles. The van der Waals surface area contributed by atoms with Crippen LogP contribution in [0, 0.1) is 0 Å². The molecular formula is C12H8ClF5O2. The van der Waals surface area contributed by atoms with Crippen LogP contribution in [0.3, 0.4) is 0 Å². The van der Waals surface area contributed by atoms with Crippen LogP contribution in [0.25, 0.3) is 0 Å². The summed E-state index contributed by atoms with van der Waals surface area (Å²) in [6, 6.07) is 5.84. The number of rotatable bonds is 4. The van der Waals surface area contributed by atoms with Crippen molar-refractivity contribution in [3.63, 3.8) is 0 Å². The van der Waals surface area contributed by atoms with Gasteiger partial charge in [0.2, 0.25) is 0 Å². The number of carbonyl (C=O) groups is 1. The van der Waals surface area contributed by atoms with Gasteiger partial charge in [0.1, 0.15) is 5.03 Å². The normalized spacial score (nSPS) is 13.7. The minimum atomic E-state index is -5.89. The van der Waals surface area contributed by atoms with Gasteiger partial charge in [-0.05, 0) is 5.56 Å². The van der Waals surface area contributed by atoms with E-state index < -0.39 is 34.8 Å². The minimum Gasteiger partial charge on any atom is -0.446 e. The molecule has 0 bridgehead atoms. The molecule has 1 atom stereocenters. The quantitative estimate of drug-likeness (QED) is 0.472. The van der Waals surface area contributed by atoms with Crippen molar-refractivity contribution >= 4 is 17.6 Å². The highest BCUT2D eigenvalue weighted by atomic mass is 35.5. The summed E-state index contributed by atoms with van der Waals surface area (Å²) in [5.74, 6) is -6.82. The monoisotopic (exact) mass is 314 g/mol. The van der Waals surface area contributed by atoms with Crippen LogP contribution in [0.1, 0.15) is 11.7 Å². The molecule has 2 nitrogen and oxygen atoms in total. The van der Waals surface area contributed by atoms with E-state index in [0.29, 0.717) is 0 Å². The Morgan fingerprint density at radius 2 is 1.65 bits per heavy atom. The van der Waals surface area contributed by atoms with Crippen molar-refractivity contribution in [2.45, 2.75) is 18.2 Å². The van der Waals surface area contributed by atoms with Crippen molar-refractivity contribution in [1.82, 2.24) is 0 Å². The molecule has 1 rings (SSSR count). The molecule has 0 amide bonds. The first-order chi connectivity index (χ1) is 9.07. The lowest BCUT2D eigenvalue weighted by Crippen LogP contribution is -2.44. The molecule has 110 valence electrons. The van der Waals surface area contributed by atoms with Crippen molar-refractivity contribution in [2.24, 2.45) is 0 Å². The highest BCUT2D eigenvalue weighted by Crippen LogP contribution is 2.46. The van der Waals surface area contributed by atoms with Crippen molar-refractivity contribution in [1.29, 1.82) is 0 Å². The summed E-state index contributed by atoms with van der Waals surface area (Å²) in [6.45, 7) is 2.91. The molecule has 1 aromatic carbocycles. The lowest BCUT2D eigenvalue weighted by atomic mass is 10.0. The van der Waals surface area contributed by atoms with E-state index in [1.54, 1.807) is 0 Å². The van der Waals surface area contributed by atoms with Gasteiger partial charge in [0.05, 0.1) is 0 Å². The first kappa shape index (κ1) is 16.4. The standard InChI is InChI=1S/C12H8ClF5O2/c1-7(13)10(19)20-9(8-5-3-2-4-6-8)11(14,15)12(16,17)18/h2-6,9H,1H2. The molecule has 0 spiro atoms. The van der Waals surface area contributed by atoms with Gasteiger partial charge in [-0.15, -0.1) is 0 Å². The molecule has 1 unspecified atom stereocenters. The Kier molecular flexibility index (Phi) is 4.75. The van der Waals surface area contributed by atoms with Gasteiger partial charge < -0.3 is 4.74 Å². The number of halogens is 6. The topological polar surface area (TPSA) is 26.3 Å². The molecule has 1 aromatic rings. The summed E-state index contributed by atoms with van der Waals surface area (Å²) in [6.07, 6.45) is -8.73. The average molecular weight is 315 g/mol. The molecule has 20 heavy (non-hydrogen) atoms. The third-order valence-corrected chi connectivity index (χ3v) is 2.41. The number of alkyl halides is 5. The number of hydrogen-bond acceptors (Lipinski definition) is 2. The maximum atomic E-state index is 13.4. The van der Waals surface area contributed by atoms with Crippen molar-refractivity contribution in [2.75, 3.05) is 0 Å². The van der Waals surface area contributed by atoms with Crippen LogP contribution < -0.4 is 0 Å². The fourth-order valence-corrected chi connectivity index (χ4v) is 1.34. The molecule has 0 saturated heterocycles. The van der Waals surface area contributed by atoms with Crippen molar-refractivity contribution in [3.05, 3.63) is 47.5 Å². The Hall–Kier alpha value is -1.63. The Morgan fingerprint density at radius 3 is 2.05 bits per heavy atom. The first-order valence-electron chi connectivity index (χ1n) is 5.12. The van der Waals surface area contributed by atoms with E-state index in [9.17, 15) is 26.7 Å². The van der Waals surface area contributed by atoms with E-state index in [1.165, 1.54) is 18.2 Å². The van der Waals surface area contributed by atoms with Gasteiger partial charge in [-0.3, -0.25) is 0 Å². The Labute approximate surface area is 115 Å². The SMILES string of the molecule is C=C(Cl)C(=O)OC(c1ccccc1)C(F)(F)C(F)(F)F. The predicted molar refractivity (Wildman–Crippen MR) is 61.3 cm³/mol. The third-order valence-electron chi connectivity index (χ3n) is 2.26. The van der Waals surface area contributed by atoms with Crippen LogP contribution in [0.15, 0.2) is 41.9 Å². The zero-order valence-electron chi connectivity index (χ0n) is 9.76. The minimum absolute atomic E-state index is 0.513. The summed E-state index contributed by atoms with van der Waals surface area (Å²) < 4.78 is 68.3. The maximum absolute atomic E-state index is 13.4. The van der Waals surface area contributed by atoms with Crippen LogP contribution in [-0.4, -0.2) is 18.1 Å². The number of benzene rings is 1. The molecule has 0 fully saturated rings. The highest BCUT2D eigenvalue weighted by Gasteiger charge is 2.64. The van der Waals surface area contributed by atoms with Crippen LogP contribution >= 0.6 is 11.6 Å². The summed E-state index contributed by atoms with van der Waals surface area (Å²) >= 11 is 5.13. The van der Waals surface area contributed by atoms with E-state index in [-0.39, 0.29) is 0 Å². The summed E-state index contributed by atoms with van der Waals surface area (Å²) in [5.41, 5.74) is -0.513. The van der Waals surface area contributed by atoms with E-state index in [2.05, 4.69) is 11.3 Å². The number of ether oxygens (including phenoxy) is 1. The number of carbonyl (C=O) groups excluding carboxylic acids is 1. The lowest BCUT2D eigenvalue weighted by Gasteiger charge is -2.28. The molecule has 0 radical (unpaired) electrons. The molecule has 0 aliphatic carbocycles. The van der Waals surface area contributed by atoms with Gasteiger partial charge in [0, 0.05) is 0 Å². The first-order valence-corrected chi connectivity index (χ1v) is 5.50. The molecule has 0 N–H and O–H groups in total. The third kappa shape index (κ3) is 3.47. The fourth-order valence-electron chi connectivity index (χ4n) is 1.30. The largest absolute Gasteiger partial charge is 0.457 e. The Bertz CT molecular complexity index is 498. The summed E-state index contributed by atoms with van der Waals surface area (Å²) in [5, 5.41) is -0.802. The van der Waals surface area contributed by atoms with Gasteiger partial charge in [-0.1, -0.05) is 48.5 Å². The van der Waals surface area contributed by atoms with Crippen molar-refractivity contribution in [3.8, 4) is 0 Å².